The highest BCUT2D eigenvalue weighted by Crippen LogP contribution is 2.44. The van der Waals surface area contributed by atoms with E-state index in [1.54, 1.807) is 24.3 Å². The molecular formula is C14H17F2NO. The number of alkyl halides is 2. The van der Waals surface area contributed by atoms with Crippen molar-refractivity contribution in [2.75, 3.05) is 0 Å². The molecule has 2 bridgehead atoms. The molecule has 0 aromatic heterocycles. The molecule has 4 heteroatoms. The summed E-state index contributed by atoms with van der Waals surface area (Å²) >= 11 is 0. The van der Waals surface area contributed by atoms with Crippen LogP contribution in [0, 0.1) is 5.92 Å². The van der Waals surface area contributed by atoms with Gasteiger partial charge in [-0.3, -0.25) is 0 Å². The Labute approximate surface area is 105 Å². The summed E-state index contributed by atoms with van der Waals surface area (Å²) in [5.41, 5.74) is 0.620. The fourth-order valence-electron chi connectivity index (χ4n) is 3.31. The molecule has 2 nitrogen and oxygen atoms in total. The highest BCUT2D eigenvalue weighted by Gasteiger charge is 2.52. The molecule has 18 heavy (non-hydrogen) atoms. The summed E-state index contributed by atoms with van der Waals surface area (Å²) in [6.45, 7) is 0. The molecule has 0 radical (unpaired) electrons. The summed E-state index contributed by atoms with van der Waals surface area (Å²) in [6, 6.07) is 6.64. The van der Waals surface area contributed by atoms with Crippen LogP contribution in [-0.2, 0) is 6.42 Å². The van der Waals surface area contributed by atoms with Gasteiger partial charge in [0.05, 0.1) is 0 Å². The Morgan fingerprint density at radius 3 is 2.83 bits per heavy atom. The molecule has 3 atom stereocenters. The van der Waals surface area contributed by atoms with Crippen LogP contribution >= 0.6 is 0 Å². The van der Waals surface area contributed by atoms with E-state index in [1.807, 2.05) is 0 Å². The molecule has 98 valence electrons. The van der Waals surface area contributed by atoms with Crippen molar-refractivity contribution in [1.82, 2.24) is 5.32 Å². The van der Waals surface area contributed by atoms with Crippen LogP contribution in [0.3, 0.4) is 0 Å². The average Bonchev–Trinajstić information content (AvgIpc) is 2.70. The van der Waals surface area contributed by atoms with Crippen molar-refractivity contribution in [1.29, 1.82) is 0 Å². The van der Waals surface area contributed by atoms with E-state index in [9.17, 15) is 13.9 Å². The van der Waals surface area contributed by atoms with Crippen molar-refractivity contribution in [2.24, 2.45) is 5.92 Å². The molecule has 0 saturated carbocycles. The molecule has 3 unspecified atom stereocenters. The predicted octanol–water partition coefficient (Wildman–Crippen LogP) is 2.71. The van der Waals surface area contributed by atoms with Crippen LogP contribution in [0.4, 0.5) is 8.78 Å². The van der Waals surface area contributed by atoms with Crippen molar-refractivity contribution in [3.8, 4) is 5.75 Å². The quantitative estimate of drug-likeness (QED) is 0.849. The highest BCUT2D eigenvalue weighted by atomic mass is 19.3. The second kappa shape index (κ2) is 4.19. The number of benzene rings is 1. The topological polar surface area (TPSA) is 32.3 Å². The lowest BCUT2D eigenvalue weighted by Gasteiger charge is -2.37. The van der Waals surface area contributed by atoms with E-state index >= 15 is 0 Å². The number of halogens is 2. The Hall–Kier alpha value is -1.16. The number of rotatable bonds is 2. The van der Waals surface area contributed by atoms with Gasteiger partial charge < -0.3 is 10.4 Å². The molecule has 0 aliphatic carbocycles. The van der Waals surface area contributed by atoms with Crippen LogP contribution in [0.1, 0.15) is 24.8 Å². The first-order chi connectivity index (χ1) is 8.56. The molecule has 2 N–H and O–H groups in total. The Kier molecular flexibility index (Phi) is 2.77. The third-order valence-corrected chi connectivity index (χ3v) is 4.25. The summed E-state index contributed by atoms with van der Waals surface area (Å²) in [5.74, 6) is -3.21. The van der Waals surface area contributed by atoms with Crippen LogP contribution in [0.2, 0.25) is 0 Å². The predicted molar refractivity (Wildman–Crippen MR) is 64.8 cm³/mol. The van der Waals surface area contributed by atoms with E-state index < -0.39 is 11.8 Å². The minimum Gasteiger partial charge on any atom is -0.508 e. The van der Waals surface area contributed by atoms with E-state index in [0.29, 0.717) is 5.56 Å². The summed E-state index contributed by atoms with van der Waals surface area (Å²) in [6.07, 6.45) is 1.84. The lowest BCUT2D eigenvalue weighted by molar-refractivity contribution is -0.0955. The van der Waals surface area contributed by atoms with Gasteiger partial charge in [0.25, 0.3) is 5.92 Å². The van der Waals surface area contributed by atoms with Crippen molar-refractivity contribution >= 4 is 0 Å². The Morgan fingerprint density at radius 2 is 2.06 bits per heavy atom. The minimum absolute atomic E-state index is 0.0226. The first kappa shape index (κ1) is 11.9. The summed E-state index contributed by atoms with van der Waals surface area (Å²) < 4.78 is 28.2. The van der Waals surface area contributed by atoms with Gasteiger partial charge in [-0.2, -0.15) is 0 Å². The van der Waals surface area contributed by atoms with Crippen molar-refractivity contribution in [3.63, 3.8) is 0 Å². The SMILES string of the molecule is Oc1ccccc1CC1C2CCC(CC1(F)F)N2. The van der Waals surface area contributed by atoms with Crippen LogP contribution in [0.5, 0.6) is 5.75 Å². The van der Waals surface area contributed by atoms with Crippen molar-refractivity contribution in [2.45, 2.75) is 43.7 Å². The average molecular weight is 253 g/mol. The van der Waals surface area contributed by atoms with Crippen LogP contribution in [-0.4, -0.2) is 23.1 Å². The maximum Gasteiger partial charge on any atom is 0.254 e. The number of phenolic OH excluding ortho intramolecular Hbond substituents is 1. The molecule has 2 aliphatic rings. The smallest absolute Gasteiger partial charge is 0.254 e. The molecule has 2 fully saturated rings. The number of phenols is 1. The Morgan fingerprint density at radius 1 is 1.28 bits per heavy atom. The molecule has 0 spiro atoms. The van der Waals surface area contributed by atoms with Gasteiger partial charge in [-0.05, 0) is 30.9 Å². The van der Waals surface area contributed by atoms with Gasteiger partial charge in [-0.1, -0.05) is 18.2 Å². The maximum absolute atomic E-state index is 14.1. The molecule has 0 amide bonds. The number of nitrogens with one attached hydrogen (secondary N) is 1. The van der Waals surface area contributed by atoms with Crippen LogP contribution < -0.4 is 5.32 Å². The largest absolute Gasteiger partial charge is 0.508 e. The normalized spacial score (nSPS) is 33.6. The summed E-state index contributed by atoms with van der Waals surface area (Å²) in [7, 11) is 0. The molecule has 2 aliphatic heterocycles. The molecule has 2 heterocycles. The number of hydrogen-bond acceptors (Lipinski definition) is 2. The van der Waals surface area contributed by atoms with Gasteiger partial charge in [0.2, 0.25) is 0 Å². The third-order valence-electron chi connectivity index (χ3n) is 4.25. The number of aromatic hydroxyl groups is 1. The van der Waals surface area contributed by atoms with Crippen LogP contribution in [0.25, 0.3) is 0 Å². The minimum atomic E-state index is -2.63. The van der Waals surface area contributed by atoms with Crippen molar-refractivity contribution < 1.29 is 13.9 Å². The molecular weight excluding hydrogens is 236 g/mol. The highest BCUT2D eigenvalue weighted by molar-refractivity contribution is 5.32. The van der Waals surface area contributed by atoms with Crippen molar-refractivity contribution in [3.05, 3.63) is 29.8 Å². The zero-order chi connectivity index (χ0) is 12.8. The van der Waals surface area contributed by atoms with E-state index in [2.05, 4.69) is 5.32 Å². The van der Waals surface area contributed by atoms with Gasteiger partial charge in [0.15, 0.2) is 0 Å². The van der Waals surface area contributed by atoms with Gasteiger partial charge in [0.1, 0.15) is 5.75 Å². The summed E-state index contributed by atoms with van der Waals surface area (Å²) in [4.78, 5) is 0. The second-order valence-electron chi connectivity index (χ2n) is 5.45. The molecule has 1 aromatic carbocycles. The third kappa shape index (κ3) is 1.99. The Bertz CT molecular complexity index is 449. The van der Waals surface area contributed by atoms with Gasteiger partial charge >= 0.3 is 0 Å². The fraction of sp³-hybridized carbons (Fsp3) is 0.571. The van der Waals surface area contributed by atoms with E-state index in [-0.39, 0.29) is 30.7 Å². The lowest BCUT2D eigenvalue weighted by Crippen LogP contribution is -2.52. The van der Waals surface area contributed by atoms with Gasteiger partial charge in [-0.15, -0.1) is 0 Å². The monoisotopic (exact) mass is 253 g/mol. The number of hydrogen-bond donors (Lipinski definition) is 2. The Balaban J connectivity index is 1.84. The van der Waals surface area contributed by atoms with Gasteiger partial charge in [-0.25, -0.2) is 8.78 Å². The van der Waals surface area contributed by atoms with Crippen LogP contribution in [0.15, 0.2) is 24.3 Å². The number of fused-ring (bicyclic) bond motifs is 2. The first-order valence-corrected chi connectivity index (χ1v) is 6.47. The lowest BCUT2D eigenvalue weighted by atomic mass is 9.83. The molecule has 3 rings (SSSR count). The molecule has 2 saturated heterocycles. The number of piperidine rings is 1. The van der Waals surface area contributed by atoms with E-state index in [0.717, 1.165) is 12.8 Å². The molecule has 1 aromatic rings. The van der Waals surface area contributed by atoms with Gasteiger partial charge in [0, 0.05) is 24.4 Å². The zero-order valence-electron chi connectivity index (χ0n) is 10.1. The summed E-state index contributed by atoms with van der Waals surface area (Å²) in [5, 5.41) is 13.0. The number of para-hydroxylation sites is 1. The maximum atomic E-state index is 14.1. The fourth-order valence-corrected chi connectivity index (χ4v) is 3.31. The van der Waals surface area contributed by atoms with E-state index in [4.69, 9.17) is 0 Å². The van der Waals surface area contributed by atoms with E-state index in [1.165, 1.54) is 0 Å². The first-order valence-electron chi connectivity index (χ1n) is 6.47. The zero-order valence-corrected chi connectivity index (χ0v) is 10.1. The standard InChI is InChI=1S/C14H17F2NO/c15-14(16)8-10-5-6-12(17-10)11(14)7-9-3-1-2-4-13(9)18/h1-4,10-12,17-18H,5-8H2. The second-order valence-corrected chi connectivity index (χ2v) is 5.45.